The smallest absolute Gasteiger partial charge is 0.308 e. The Balaban J connectivity index is 1.96. The Kier molecular flexibility index (Phi) is 6.17. The molecule has 1 N–H and O–H groups in total. The predicted molar refractivity (Wildman–Crippen MR) is 112 cm³/mol. The zero-order valence-corrected chi connectivity index (χ0v) is 17.8. The van der Waals surface area contributed by atoms with Gasteiger partial charge in [-0.3, -0.25) is 4.79 Å². The van der Waals surface area contributed by atoms with Crippen molar-refractivity contribution in [2.45, 2.75) is 36.5 Å². The number of carboxylic acids is 1. The maximum Gasteiger partial charge on any atom is 0.308 e. The van der Waals surface area contributed by atoms with E-state index in [2.05, 4.69) is 0 Å². The van der Waals surface area contributed by atoms with Crippen molar-refractivity contribution in [3.05, 3.63) is 65.2 Å². The summed E-state index contributed by atoms with van der Waals surface area (Å²) < 4.78 is 26.2. The number of aryl methyl sites for hydroxylation is 2. The highest BCUT2D eigenvalue weighted by Crippen LogP contribution is 2.43. The van der Waals surface area contributed by atoms with Gasteiger partial charge in [-0.05, 0) is 38.0 Å². The van der Waals surface area contributed by atoms with Gasteiger partial charge in [-0.1, -0.05) is 47.5 Å². The lowest BCUT2D eigenvalue weighted by Crippen LogP contribution is -2.49. The molecule has 0 aliphatic carbocycles. The van der Waals surface area contributed by atoms with Crippen LogP contribution in [0.3, 0.4) is 0 Å². The summed E-state index contributed by atoms with van der Waals surface area (Å²) in [6, 6.07) is 15.4. The predicted octanol–water partition coefficient (Wildman–Crippen LogP) is 3.87. The fourth-order valence-corrected chi connectivity index (χ4v) is 5.95. The first kappa shape index (κ1) is 20.9. The molecular weight excluding hydrogens is 394 g/mol. The number of nitrogens with zero attached hydrogens (tertiary/aromatic N) is 1. The third-order valence-electron chi connectivity index (χ3n) is 5.14. The molecule has 1 aliphatic heterocycles. The summed E-state index contributed by atoms with van der Waals surface area (Å²) >= 11 is 1.52. The van der Waals surface area contributed by atoms with Crippen LogP contribution in [-0.2, 0) is 14.8 Å². The molecule has 0 radical (unpaired) electrons. The number of hydrogen-bond donors (Lipinski definition) is 1. The topological polar surface area (TPSA) is 74.7 Å². The van der Waals surface area contributed by atoms with Crippen molar-refractivity contribution in [1.29, 1.82) is 0 Å². The third-order valence-corrected chi connectivity index (χ3v) is 7.77. The Hall–Kier alpha value is -1.83. The van der Waals surface area contributed by atoms with Crippen LogP contribution in [-0.4, -0.2) is 41.8 Å². The Morgan fingerprint density at radius 3 is 2.07 bits per heavy atom. The van der Waals surface area contributed by atoms with Crippen molar-refractivity contribution in [3.8, 4) is 0 Å². The minimum absolute atomic E-state index is 0.0176. The van der Waals surface area contributed by atoms with E-state index in [0.29, 0.717) is 6.42 Å². The van der Waals surface area contributed by atoms with Crippen molar-refractivity contribution in [2.75, 3.05) is 12.8 Å². The third kappa shape index (κ3) is 4.77. The lowest BCUT2D eigenvalue weighted by atomic mass is 9.90. The molecule has 1 saturated heterocycles. The quantitative estimate of drug-likeness (QED) is 0.796. The van der Waals surface area contributed by atoms with Gasteiger partial charge in [-0.2, -0.15) is 4.31 Å². The molecule has 2 aromatic rings. The molecule has 3 rings (SSSR count). The average molecular weight is 420 g/mol. The Morgan fingerprint density at radius 1 is 1.04 bits per heavy atom. The largest absolute Gasteiger partial charge is 0.481 e. The van der Waals surface area contributed by atoms with Crippen LogP contribution in [0.1, 0.15) is 29.2 Å². The zero-order chi connectivity index (χ0) is 20.5. The molecule has 0 unspecified atom stereocenters. The number of rotatable bonds is 5. The van der Waals surface area contributed by atoms with Gasteiger partial charge in [0.05, 0.1) is 18.2 Å². The minimum Gasteiger partial charge on any atom is -0.481 e. The summed E-state index contributed by atoms with van der Waals surface area (Å²) in [6.07, 6.45) is 1.60. The van der Waals surface area contributed by atoms with Crippen LogP contribution in [0.4, 0.5) is 0 Å². The fourth-order valence-electron chi connectivity index (χ4n) is 3.56. The number of hydrogen-bond acceptors (Lipinski definition) is 4. The number of benzene rings is 2. The summed E-state index contributed by atoms with van der Waals surface area (Å²) in [5.41, 5.74) is 3.14. The van der Waals surface area contributed by atoms with Gasteiger partial charge in [-0.25, -0.2) is 8.42 Å². The van der Waals surface area contributed by atoms with E-state index in [-0.39, 0.29) is 17.8 Å². The highest BCUT2D eigenvalue weighted by Gasteiger charge is 2.43. The van der Waals surface area contributed by atoms with Gasteiger partial charge in [-0.15, -0.1) is 11.8 Å². The summed E-state index contributed by atoms with van der Waals surface area (Å²) in [6.45, 7) is 3.97. The van der Waals surface area contributed by atoms with E-state index in [1.807, 2.05) is 62.4 Å². The van der Waals surface area contributed by atoms with E-state index in [0.717, 1.165) is 27.8 Å². The number of carboxylic acid groups (broad SMARTS) is 1. The number of sulfonamides is 1. The molecule has 28 heavy (non-hydrogen) atoms. The van der Waals surface area contributed by atoms with Crippen LogP contribution in [0.5, 0.6) is 0 Å². The van der Waals surface area contributed by atoms with Gasteiger partial charge in [0, 0.05) is 16.7 Å². The molecule has 0 aromatic heterocycles. The lowest BCUT2D eigenvalue weighted by molar-refractivity contribution is -0.143. The normalized spacial score (nSPS) is 23.5. The second kappa shape index (κ2) is 8.27. The van der Waals surface area contributed by atoms with Crippen molar-refractivity contribution < 1.29 is 18.3 Å². The minimum atomic E-state index is -3.54. The first-order chi connectivity index (χ1) is 13.1. The van der Waals surface area contributed by atoms with Crippen LogP contribution in [0.2, 0.25) is 0 Å². The van der Waals surface area contributed by atoms with Crippen LogP contribution in [0.25, 0.3) is 0 Å². The summed E-state index contributed by atoms with van der Waals surface area (Å²) in [7, 11) is -3.54. The molecule has 0 saturated carbocycles. The van der Waals surface area contributed by atoms with E-state index in [9.17, 15) is 18.3 Å². The highest BCUT2D eigenvalue weighted by molar-refractivity contribution is 8.00. The molecule has 5 nitrogen and oxygen atoms in total. The van der Waals surface area contributed by atoms with E-state index >= 15 is 0 Å². The van der Waals surface area contributed by atoms with Gasteiger partial charge >= 0.3 is 5.97 Å². The molecule has 0 spiro atoms. The van der Waals surface area contributed by atoms with Crippen molar-refractivity contribution in [2.24, 2.45) is 5.92 Å². The lowest BCUT2D eigenvalue weighted by Gasteiger charge is -2.41. The standard InChI is InChI=1S/C21H25NO4S2/c1-14-4-8-16(9-5-14)19-12-20(27-17-10-6-15(2)7-11-17)18(21(23)24)13-22(19)28(3,25)26/h4-11,18-20H,12-13H2,1-3H3,(H,23,24)/t18-,19+,20-/m1/s1. The molecule has 1 fully saturated rings. The van der Waals surface area contributed by atoms with Gasteiger partial charge in [0.1, 0.15) is 0 Å². The molecule has 7 heteroatoms. The SMILES string of the molecule is Cc1ccc(S[C@@H]2C[C@@H](c3ccc(C)cc3)N(S(C)(=O)=O)C[C@H]2C(=O)O)cc1. The molecule has 3 atom stereocenters. The van der Waals surface area contributed by atoms with E-state index in [1.54, 1.807) is 0 Å². The summed E-state index contributed by atoms with van der Waals surface area (Å²) in [5, 5.41) is 9.55. The van der Waals surface area contributed by atoms with Crippen LogP contribution in [0, 0.1) is 19.8 Å². The van der Waals surface area contributed by atoms with Crippen LogP contribution < -0.4 is 0 Å². The maximum absolute atomic E-state index is 12.4. The van der Waals surface area contributed by atoms with E-state index in [1.165, 1.54) is 16.1 Å². The highest BCUT2D eigenvalue weighted by atomic mass is 32.2. The average Bonchev–Trinajstić information content (AvgIpc) is 2.63. The van der Waals surface area contributed by atoms with Gasteiger partial charge < -0.3 is 5.11 Å². The zero-order valence-electron chi connectivity index (χ0n) is 16.2. The molecular formula is C21H25NO4S2. The molecule has 1 heterocycles. The van der Waals surface area contributed by atoms with E-state index in [4.69, 9.17) is 0 Å². The van der Waals surface area contributed by atoms with Gasteiger partial charge in [0.2, 0.25) is 10.0 Å². The van der Waals surface area contributed by atoms with Crippen molar-refractivity contribution in [3.63, 3.8) is 0 Å². The second-order valence-corrected chi connectivity index (χ2v) is 10.7. The fraction of sp³-hybridized carbons (Fsp3) is 0.381. The first-order valence-electron chi connectivity index (χ1n) is 9.14. The van der Waals surface area contributed by atoms with Crippen LogP contribution >= 0.6 is 11.8 Å². The molecule has 150 valence electrons. The number of thioether (sulfide) groups is 1. The summed E-state index contributed by atoms with van der Waals surface area (Å²) in [4.78, 5) is 12.9. The number of piperidine rings is 1. The second-order valence-electron chi connectivity index (χ2n) is 7.41. The van der Waals surface area contributed by atoms with E-state index < -0.39 is 21.9 Å². The molecule has 0 bridgehead atoms. The Bertz CT molecular complexity index is 939. The molecule has 2 aromatic carbocycles. The Labute approximate surface area is 170 Å². The van der Waals surface area contributed by atoms with Gasteiger partial charge in [0.15, 0.2) is 0 Å². The summed E-state index contributed by atoms with van der Waals surface area (Å²) in [5.74, 6) is -1.72. The van der Waals surface area contributed by atoms with Crippen molar-refractivity contribution >= 4 is 27.8 Å². The first-order valence-corrected chi connectivity index (χ1v) is 11.9. The maximum atomic E-state index is 12.4. The van der Waals surface area contributed by atoms with Crippen LogP contribution in [0.15, 0.2) is 53.4 Å². The molecule has 0 amide bonds. The number of carbonyl (C=O) groups is 1. The Morgan fingerprint density at radius 2 is 1.57 bits per heavy atom. The monoisotopic (exact) mass is 419 g/mol. The molecule has 1 aliphatic rings. The number of aliphatic carboxylic acids is 1. The van der Waals surface area contributed by atoms with Gasteiger partial charge in [0.25, 0.3) is 0 Å². The van der Waals surface area contributed by atoms with Crippen molar-refractivity contribution in [1.82, 2.24) is 4.31 Å².